The van der Waals surface area contributed by atoms with Gasteiger partial charge in [0.1, 0.15) is 10.6 Å². The lowest BCUT2D eigenvalue weighted by Crippen LogP contribution is -2.37. The number of hydrogen-bond donors (Lipinski definition) is 2. The fourth-order valence-corrected chi connectivity index (χ4v) is 2.49. The number of nitrogens with zero attached hydrogens (tertiary/aromatic N) is 1. The number of aromatic nitrogens is 1. The van der Waals surface area contributed by atoms with Gasteiger partial charge in [-0.15, -0.1) is 11.3 Å². The molecule has 3 unspecified atom stereocenters. The van der Waals surface area contributed by atoms with Gasteiger partial charge in [0.25, 0.3) is 0 Å². The lowest BCUT2D eigenvalue weighted by Gasteiger charge is -2.20. The summed E-state index contributed by atoms with van der Waals surface area (Å²) in [5.74, 6) is 0. The van der Waals surface area contributed by atoms with E-state index in [9.17, 15) is 4.79 Å². The van der Waals surface area contributed by atoms with Gasteiger partial charge in [0, 0.05) is 23.7 Å². The fraction of sp³-hybridized carbons (Fsp3) is 0.692. The Hall–Kier alpha value is -1.14. The van der Waals surface area contributed by atoms with Crippen molar-refractivity contribution in [1.82, 2.24) is 15.6 Å². The number of carbonyl (C=O) groups excluding carboxylic acids is 1. The molecule has 2 N–H and O–H groups in total. The Kier molecular flexibility index (Phi) is 4.10. The quantitative estimate of drug-likeness (QED) is 0.891. The van der Waals surface area contributed by atoms with Gasteiger partial charge in [-0.3, -0.25) is 0 Å². The third-order valence-electron chi connectivity index (χ3n) is 2.78. The van der Waals surface area contributed by atoms with Crippen LogP contribution >= 0.6 is 11.3 Å². The Morgan fingerprint density at radius 3 is 2.84 bits per heavy atom. The molecule has 1 amide bonds. The van der Waals surface area contributed by atoms with Crippen LogP contribution in [0.4, 0.5) is 4.79 Å². The van der Waals surface area contributed by atoms with Crippen molar-refractivity contribution < 1.29 is 9.53 Å². The number of carbonyl (C=O) groups is 1. The van der Waals surface area contributed by atoms with E-state index in [1.165, 1.54) is 0 Å². The molecule has 3 atom stereocenters. The highest BCUT2D eigenvalue weighted by atomic mass is 32.1. The standard InChI is InChI=1S/C13H21N3O2S/c1-8(11-14-5-6-19-11)15-9-7-10(9)16-12(17)18-13(2,3)4/h5-6,8-10,15H,7H2,1-4H3,(H,16,17). The highest BCUT2D eigenvalue weighted by molar-refractivity contribution is 7.09. The van der Waals surface area contributed by atoms with Crippen molar-refractivity contribution in [2.45, 2.75) is 57.8 Å². The Morgan fingerprint density at radius 2 is 2.26 bits per heavy atom. The minimum Gasteiger partial charge on any atom is -0.444 e. The molecule has 2 rings (SSSR count). The van der Waals surface area contributed by atoms with Gasteiger partial charge in [-0.05, 0) is 34.1 Å². The van der Waals surface area contributed by atoms with Gasteiger partial charge in [0.2, 0.25) is 0 Å². The first kappa shape index (κ1) is 14.3. The summed E-state index contributed by atoms with van der Waals surface area (Å²) in [6.07, 6.45) is 2.40. The number of hydrogen-bond acceptors (Lipinski definition) is 5. The summed E-state index contributed by atoms with van der Waals surface area (Å²) in [5.41, 5.74) is -0.448. The topological polar surface area (TPSA) is 63.2 Å². The second-order valence-electron chi connectivity index (χ2n) is 5.85. The van der Waals surface area contributed by atoms with E-state index in [-0.39, 0.29) is 18.2 Å². The van der Waals surface area contributed by atoms with E-state index >= 15 is 0 Å². The normalized spacial score (nSPS) is 23.8. The molecule has 0 aromatic carbocycles. The largest absolute Gasteiger partial charge is 0.444 e. The summed E-state index contributed by atoms with van der Waals surface area (Å²) in [6.45, 7) is 7.67. The van der Waals surface area contributed by atoms with E-state index in [4.69, 9.17) is 4.74 Å². The summed E-state index contributed by atoms with van der Waals surface area (Å²) < 4.78 is 5.23. The third-order valence-corrected chi connectivity index (χ3v) is 3.74. The van der Waals surface area contributed by atoms with E-state index in [0.29, 0.717) is 6.04 Å². The lowest BCUT2D eigenvalue weighted by molar-refractivity contribution is 0.0522. The average Bonchev–Trinajstić information content (AvgIpc) is 2.80. The van der Waals surface area contributed by atoms with Gasteiger partial charge in [0.15, 0.2) is 0 Å². The van der Waals surface area contributed by atoms with Crippen LogP contribution in [-0.2, 0) is 4.74 Å². The molecule has 19 heavy (non-hydrogen) atoms. The zero-order valence-electron chi connectivity index (χ0n) is 11.8. The summed E-state index contributed by atoms with van der Waals surface area (Å²) in [7, 11) is 0. The predicted octanol–water partition coefficient (Wildman–Crippen LogP) is 2.46. The van der Waals surface area contributed by atoms with Crippen LogP contribution < -0.4 is 10.6 Å². The SMILES string of the molecule is CC(NC1CC1NC(=O)OC(C)(C)C)c1nccs1. The zero-order valence-corrected chi connectivity index (χ0v) is 12.6. The second kappa shape index (κ2) is 5.46. The molecule has 1 aliphatic rings. The van der Waals surface area contributed by atoms with Crippen LogP contribution in [0, 0.1) is 0 Å². The van der Waals surface area contributed by atoms with Crippen molar-refractivity contribution in [2.75, 3.05) is 0 Å². The number of alkyl carbamates (subject to hydrolysis) is 1. The van der Waals surface area contributed by atoms with Crippen molar-refractivity contribution in [3.8, 4) is 0 Å². The summed E-state index contributed by atoms with van der Waals surface area (Å²) >= 11 is 1.64. The van der Waals surface area contributed by atoms with Crippen LogP contribution in [0.2, 0.25) is 0 Å². The van der Waals surface area contributed by atoms with Crippen molar-refractivity contribution in [3.63, 3.8) is 0 Å². The lowest BCUT2D eigenvalue weighted by atomic mass is 10.2. The summed E-state index contributed by atoms with van der Waals surface area (Å²) in [6, 6.07) is 0.694. The van der Waals surface area contributed by atoms with Crippen LogP contribution in [0.3, 0.4) is 0 Å². The van der Waals surface area contributed by atoms with Gasteiger partial charge in [0.05, 0.1) is 6.04 Å². The van der Waals surface area contributed by atoms with Crippen LogP contribution in [0.15, 0.2) is 11.6 Å². The maximum atomic E-state index is 11.6. The molecule has 1 fully saturated rings. The van der Waals surface area contributed by atoms with Gasteiger partial charge < -0.3 is 15.4 Å². The van der Waals surface area contributed by atoms with Crippen molar-refractivity contribution in [2.24, 2.45) is 0 Å². The Labute approximate surface area is 117 Å². The summed E-state index contributed by atoms with van der Waals surface area (Å²) in [5, 5.41) is 9.36. The fourth-order valence-electron chi connectivity index (χ4n) is 1.84. The van der Waals surface area contributed by atoms with Crippen LogP contribution in [0.5, 0.6) is 0 Å². The third kappa shape index (κ3) is 4.47. The first-order valence-electron chi connectivity index (χ1n) is 6.50. The van der Waals surface area contributed by atoms with E-state index in [2.05, 4.69) is 22.5 Å². The molecular weight excluding hydrogens is 262 g/mol. The van der Waals surface area contributed by atoms with Crippen LogP contribution in [0.25, 0.3) is 0 Å². The highest BCUT2D eigenvalue weighted by Crippen LogP contribution is 2.26. The van der Waals surface area contributed by atoms with Crippen LogP contribution in [-0.4, -0.2) is 28.8 Å². The minimum absolute atomic E-state index is 0.164. The molecule has 106 valence electrons. The molecule has 0 radical (unpaired) electrons. The van der Waals surface area contributed by atoms with Gasteiger partial charge in [-0.2, -0.15) is 0 Å². The van der Waals surface area contributed by atoms with Gasteiger partial charge in [-0.25, -0.2) is 9.78 Å². The number of ether oxygens (including phenoxy) is 1. The number of nitrogens with one attached hydrogen (secondary N) is 2. The summed E-state index contributed by atoms with van der Waals surface area (Å²) in [4.78, 5) is 15.9. The second-order valence-corrected chi connectivity index (χ2v) is 6.78. The van der Waals surface area contributed by atoms with E-state index in [1.807, 2.05) is 32.3 Å². The smallest absolute Gasteiger partial charge is 0.407 e. The molecule has 1 aromatic rings. The predicted molar refractivity (Wildman–Crippen MR) is 75.2 cm³/mol. The van der Waals surface area contributed by atoms with Crippen LogP contribution in [0.1, 0.15) is 45.2 Å². The molecule has 1 aliphatic carbocycles. The van der Waals surface area contributed by atoms with Crippen molar-refractivity contribution >= 4 is 17.4 Å². The maximum Gasteiger partial charge on any atom is 0.407 e. The molecule has 5 nitrogen and oxygen atoms in total. The molecular formula is C13H21N3O2S. The molecule has 0 spiro atoms. The first-order valence-corrected chi connectivity index (χ1v) is 7.38. The van der Waals surface area contributed by atoms with Crippen molar-refractivity contribution in [3.05, 3.63) is 16.6 Å². The zero-order chi connectivity index (χ0) is 14.0. The van der Waals surface area contributed by atoms with Crippen molar-refractivity contribution in [1.29, 1.82) is 0 Å². The molecule has 1 heterocycles. The van der Waals surface area contributed by atoms with E-state index < -0.39 is 5.60 Å². The average molecular weight is 283 g/mol. The Bertz CT molecular complexity index is 428. The van der Waals surface area contributed by atoms with Gasteiger partial charge >= 0.3 is 6.09 Å². The van der Waals surface area contributed by atoms with E-state index in [0.717, 1.165) is 11.4 Å². The minimum atomic E-state index is -0.448. The van der Waals surface area contributed by atoms with E-state index in [1.54, 1.807) is 11.3 Å². The molecule has 0 aliphatic heterocycles. The number of thiazole rings is 1. The Balaban J connectivity index is 1.72. The monoisotopic (exact) mass is 283 g/mol. The van der Waals surface area contributed by atoms with Gasteiger partial charge in [-0.1, -0.05) is 0 Å². The molecule has 6 heteroatoms. The number of amides is 1. The molecule has 1 saturated carbocycles. The number of rotatable bonds is 4. The highest BCUT2D eigenvalue weighted by Gasteiger charge is 2.40. The molecule has 1 aromatic heterocycles. The molecule has 0 bridgehead atoms. The first-order chi connectivity index (χ1) is 8.85. The maximum absolute atomic E-state index is 11.6. The molecule has 0 saturated heterocycles. The Morgan fingerprint density at radius 1 is 1.53 bits per heavy atom.